The standard InChI is InChI=1S/C14H21FN2O/c1-18-10-11-5-7-17(9-11)14-3-2-13(15)8-12(14)4-6-16/h2-3,8,11H,4-7,9-10,16H2,1H3. The number of hydrogen-bond donors (Lipinski definition) is 1. The highest BCUT2D eigenvalue weighted by atomic mass is 19.1. The summed E-state index contributed by atoms with van der Waals surface area (Å²) >= 11 is 0. The summed E-state index contributed by atoms with van der Waals surface area (Å²) in [7, 11) is 1.74. The van der Waals surface area contributed by atoms with E-state index < -0.39 is 0 Å². The summed E-state index contributed by atoms with van der Waals surface area (Å²) in [5, 5.41) is 0. The highest BCUT2D eigenvalue weighted by Gasteiger charge is 2.24. The first kappa shape index (κ1) is 13.3. The molecule has 0 spiro atoms. The average Bonchev–Trinajstić information content (AvgIpc) is 2.79. The fraction of sp³-hybridized carbons (Fsp3) is 0.571. The average molecular weight is 252 g/mol. The van der Waals surface area contributed by atoms with E-state index in [9.17, 15) is 4.39 Å². The number of rotatable bonds is 5. The van der Waals surface area contributed by atoms with Gasteiger partial charge >= 0.3 is 0 Å². The van der Waals surface area contributed by atoms with Crippen molar-refractivity contribution in [1.29, 1.82) is 0 Å². The highest BCUT2D eigenvalue weighted by molar-refractivity contribution is 5.54. The van der Waals surface area contributed by atoms with Crippen LogP contribution in [-0.4, -0.2) is 33.4 Å². The summed E-state index contributed by atoms with van der Waals surface area (Å²) < 4.78 is 18.5. The van der Waals surface area contributed by atoms with Gasteiger partial charge in [-0.1, -0.05) is 0 Å². The molecule has 1 atom stereocenters. The molecule has 0 bridgehead atoms. The van der Waals surface area contributed by atoms with E-state index in [0.29, 0.717) is 12.5 Å². The van der Waals surface area contributed by atoms with Crippen LogP contribution in [0.2, 0.25) is 0 Å². The topological polar surface area (TPSA) is 38.5 Å². The van der Waals surface area contributed by atoms with Crippen molar-refractivity contribution in [1.82, 2.24) is 0 Å². The molecule has 18 heavy (non-hydrogen) atoms. The first-order valence-corrected chi connectivity index (χ1v) is 6.47. The number of anilines is 1. The van der Waals surface area contributed by atoms with Gasteiger partial charge in [-0.3, -0.25) is 0 Å². The van der Waals surface area contributed by atoms with E-state index in [1.54, 1.807) is 13.2 Å². The van der Waals surface area contributed by atoms with Crippen LogP contribution in [0.4, 0.5) is 10.1 Å². The lowest BCUT2D eigenvalue weighted by Crippen LogP contribution is -2.22. The molecule has 1 aliphatic rings. The number of benzene rings is 1. The number of methoxy groups -OCH3 is 1. The number of hydrogen-bond acceptors (Lipinski definition) is 3. The molecule has 4 heteroatoms. The van der Waals surface area contributed by atoms with E-state index in [0.717, 1.165) is 43.8 Å². The molecule has 2 N–H and O–H groups in total. The molecule has 0 aliphatic carbocycles. The van der Waals surface area contributed by atoms with E-state index >= 15 is 0 Å². The molecule has 0 saturated carbocycles. The van der Waals surface area contributed by atoms with Gasteiger partial charge in [-0.2, -0.15) is 0 Å². The lowest BCUT2D eigenvalue weighted by atomic mass is 10.1. The predicted octanol–water partition coefficient (Wildman–Crippen LogP) is 1.80. The molecule has 2 rings (SSSR count). The molecule has 3 nitrogen and oxygen atoms in total. The third kappa shape index (κ3) is 3.00. The summed E-state index contributed by atoms with van der Waals surface area (Å²) in [5.74, 6) is 0.389. The van der Waals surface area contributed by atoms with Crippen LogP contribution in [0.15, 0.2) is 18.2 Å². The minimum absolute atomic E-state index is 0.185. The smallest absolute Gasteiger partial charge is 0.123 e. The van der Waals surface area contributed by atoms with Crippen LogP contribution in [0.1, 0.15) is 12.0 Å². The molecule has 1 heterocycles. The fourth-order valence-electron chi connectivity index (χ4n) is 2.64. The number of ether oxygens (including phenoxy) is 1. The molecule has 1 aromatic carbocycles. The minimum Gasteiger partial charge on any atom is -0.384 e. The van der Waals surface area contributed by atoms with Crippen LogP contribution in [0.3, 0.4) is 0 Å². The lowest BCUT2D eigenvalue weighted by Gasteiger charge is -2.22. The number of nitrogens with zero attached hydrogens (tertiary/aromatic N) is 1. The molecule has 1 fully saturated rings. The monoisotopic (exact) mass is 252 g/mol. The Hall–Kier alpha value is -1.13. The van der Waals surface area contributed by atoms with Crippen LogP contribution in [-0.2, 0) is 11.2 Å². The maximum absolute atomic E-state index is 13.3. The van der Waals surface area contributed by atoms with E-state index in [-0.39, 0.29) is 5.82 Å². The second-order valence-corrected chi connectivity index (χ2v) is 4.87. The molecule has 100 valence electrons. The van der Waals surface area contributed by atoms with Crippen molar-refractivity contribution in [3.8, 4) is 0 Å². The van der Waals surface area contributed by atoms with Crippen LogP contribution in [0, 0.1) is 11.7 Å². The second-order valence-electron chi connectivity index (χ2n) is 4.87. The Balaban J connectivity index is 2.13. The zero-order valence-corrected chi connectivity index (χ0v) is 10.9. The Labute approximate surface area is 108 Å². The summed E-state index contributed by atoms with van der Waals surface area (Å²) in [6.45, 7) is 3.34. The Morgan fingerprint density at radius 3 is 3.06 bits per heavy atom. The van der Waals surface area contributed by atoms with Crippen LogP contribution in [0.25, 0.3) is 0 Å². The van der Waals surface area contributed by atoms with E-state index in [1.165, 1.54) is 6.07 Å². The van der Waals surface area contributed by atoms with Gasteiger partial charge in [0.1, 0.15) is 5.82 Å². The predicted molar refractivity (Wildman–Crippen MR) is 71.4 cm³/mol. The maximum Gasteiger partial charge on any atom is 0.123 e. The van der Waals surface area contributed by atoms with Gasteiger partial charge in [0.15, 0.2) is 0 Å². The molecule has 1 unspecified atom stereocenters. The quantitative estimate of drug-likeness (QED) is 0.868. The Kier molecular flexibility index (Phi) is 4.55. The van der Waals surface area contributed by atoms with Gasteiger partial charge in [-0.15, -0.1) is 0 Å². The maximum atomic E-state index is 13.3. The highest BCUT2D eigenvalue weighted by Crippen LogP contribution is 2.28. The second kappa shape index (κ2) is 6.16. The van der Waals surface area contributed by atoms with Crippen LogP contribution >= 0.6 is 0 Å². The van der Waals surface area contributed by atoms with Gasteiger partial charge in [0, 0.05) is 31.8 Å². The van der Waals surface area contributed by atoms with Crippen molar-refractivity contribution in [3.63, 3.8) is 0 Å². The van der Waals surface area contributed by atoms with Gasteiger partial charge in [-0.05, 0) is 43.1 Å². The molecular weight excluding hydrogens is 231 g/mol. The zero-order chi connectivity index (χ0) is 13.0. The van der Waals surface area contributed by atoms with E-state index in [1.807, 2.05) is 6.07 Å². The first-order valence-electron chi connectivity index (χ1n) is 6.47. The summed E-state index contributed by atoms with van der Waals surface area (Å²) in [6.07, 6.45) is 1.85. The zero-order valence-electron chi connectivity index (χ0n) is 10.9. The van der Waals surface area contributed by atoms with Crippen LogP contribution in [0.5, 0.6) is 0 Å². The van der Waals surface area contributed by atoms with Crippen molar-refractivity contribution in [2.75, 3.05) is 38.3 Å². The molecule has 1 saturated heterocycles. The minimum atomic E-state index is -0.185. The third-order valence-corrected chi connectivity index (χ3v) is 3.48. The Morgan fingerprint density at radius 2 is 2.33 bits per heavy atom. The summed E-state index contributed by atoms with van der Waals surface area (Å²) in [5.41, 5.74) is 7.73. The molecule has 1 aromatic rings. The third-order valence-electron chi connectivity index (χ3n) is 3.48. The van der Waals surface area contributed by atoms with Crippen molar-refractivity contribution >= 4 is 5.69 Å². The molecule has 0 amide bonds. The summed E-state index contributed by atoms with van der Waals surface area (Å²) in [4.78, 5) is 2.31. The van der Waals surface area contributed by atoms with Gasteiger partial charge < -0.3 is 15.4 Å². The largest absolute Gasteiger partial charge is 0.384 e. The van der Waals surface area contributed by atoms with Gasteiger partial charge in [0.05, 0.1) is 6.61 Å². The normalized spacial score (nSPS) is 19.5. The summed E-state index contributed by atoms with van der Waals surface area (Å²) in [6, 6.07) is 5.00. The Morgan fingerprint density at radius 1 is 1.50 bits per heavy atom. The van der Waals surface area contributed by atoms with Gasteiger partial charge in [0.25, 0.3) is 0 Å². The van der Waals surface area contributed by atoms with Crippen LogP contribution < -0.4 is 10.6 Å². The molecule has 1 aliphatic heterocycles. The molecule has 0 aromatic heterocycles. The fourth-order valence-corrected chi connectivity index (χ4v) is 2.64. The van der Waals surface area contributed by atoms with E-state index in [2.05, 4.69) is 4.90 Å². The van der Waals surface area contributed by atoms with Crippen molar-refractivity contribution in [2.24, 2.45) is 11.7 Å². The van der Waals surface area contributed by atoms with Crippen molar-refractivity contribution in [2.45, 2.75) is 12.8 Å². The number of halogens is 1. The van der Waals surface area contributed by atoms with Crippen molar-refractivity contribution in [3.05, 3.63) is 29.6 Å². The van der Waals surface area contributed by atoms with E-state index in [4.69, 9.17) is 10.5 Å². The number of nitrogens with two attached hydrogens (primary N) is 1. The molecule has 0 radical (unpaired) electrons. The van der Waals surface area contributed by atoms with Gasteiger partial charge in [0.2, 0.25) is 0 Å². The lowest BCUT2D eigenvalue weighted by molar-refractivity contribution is 0.161. The molecular formula is C14H21FN2O. The SMILES string of the molecule is COCC1CCN(c2ccc(F)cc2CCN)C1. The first-order chi connectivity index (χ1) is 8.74. The van der Waals surface area contributed by atoms with Crippen molar-refractivity contribution < 1.29 is 9.13 Å². The van der Waals surface area contributed by atoms with Gasteiger partial charge in [-0.25, -0.2) is 4.39 Å². The Bertz CT molecular complexity index is 397.